The van der Waals surface area contributed by atoms with E-state index in [1.807, 2.05) is 19.1 Å². The summed E-state index contributed by atoms with van der Waals surface area (Å²) in [5.41, 5.74) is 3.53. The topological polar surface area (TPSA) is 80.2 Å². The Morgan fingerprint density at radius 1 is 1.31 bits per heavy atom. The highest BCUT2D eigenvalue weighted by Crippen LogP contribution is 2.38. The van der Waals surface area contributed by atoms with Gasteiger partial charge in [-0.2, -0.15) is 5.10 Å². The molecule has 0 saturated carbocycles. The minimum Gasteiger partial charge on any atom is -0.506 e. The second-order valence-corrected chi connectivity index (χ2v) is 14.0. The van der Waals surface area contributed by atoms with Crippen LogP contribution in [0.5, 0.6) is 11.5 Å². The van der Waals surface area contributed by atoms with Gasteiger partial charge in [0.2, 0.25) is 5.91 Å². The minimum atomic E-state index is -1.76. The van der Waals surface area contributed by atoms with Crippen LogP contribution in [0.2, 0.25) is 23.2 Å². The maximum atomic E-state index is 11.4. The van der Waals surface area contributed by atoms with Crippen molar-refractivity contribution in [1.29, 1.82) is 0 Å². The van der Waals surface area contributed by atoms with E-state index < -0.39 is 8.32 Å². The Balaban J connectivity index is 1.96. The quantitative estimate of drug-likeness (QED) is 0.470. The number of rotatable bonds is 7. The largest absolute Gasteiger partial charge is 0.506 e. The molecule has 6 nitrogen and oxygen atoms in total. The molecular weight excluding hydrogens is 408 g/mol. The predicted octanol–water partition coefficient (Wildman–Crippen LogP) is 4.86. The lowest BCUT2D eigenvalue weighted by atomic mass is 9.93. The molecule has 1 aromatic carbocycles. The Bertz CT molecular complexity index is 816. The molecule has 1 atom stereocenters. The summed E-state index contributed by atoms with van der Waals surface area (Å²) < 4.78 is 11.7. The molecule has 0 radical (unpaired) electrons. The number of phenolic OH excluding ortho intramolecular Hbond substituents is 1. The molecule has 1 aromatic rings. The van der Waals surface area contributed by atoms with Crippen LogP contribution in [0.15, 0.2) is 29.4 Å². The number of hydrazone groups is 1. The summed E-state index contributed by atoms with van der Waals surface area (Å²) in [6.45, 7) is 13.8. The zero-order chi connectivity index (χ0) is 21.8. The highest BCUT2D eigenvalue weighted by atomic mass is 35.5. The molecule has 1 amide bonds. The van der Waals surface area contributed by atoms with E-state index in [0.29, 0.717) is 36.7 Å². The van der Waals surface area contributed by atoms with Crippen LogP contribution in [-0.4, -0.2) is 38.3 Å². The van der Waals surface area contributed by atoms with Crippen molar-refractivity contribution in [2.24, 2.45) is 11.0 Å². The summed E-state index contributed by atoms with van der Waals surface area (Å²) >= 11 is 6.28. The van der Waals surface area contributed by atoms with Crippen LogP contribution >= 0.6 is 11.6 Å². The van der Waals surface area contributed by atoms with Crippen molar-refractivity contribution in [1.82, 2.24) is 5.43 Å². The van der Waals surface area contributed by atoms with Gasteiger partial charge in [0, 0.05) is 17.9 Å². The summed E-state index contributed by atoms with van der Waals surface area (Å²) in [6, 6.07) is 3.40. The molecule has 8 heteroatoms. The molecule has 1 unspecified atom stereocenters. The predicted molar refractivity (Wildman–Crippen MR) is 119 cm³/mol. The summed E-state index contributed by atoms with van der Waals surface area (Å²) in [5.74, 6) is 0.0320. The van der Waals surface area contributed by atoms with Crippen molar-refractivity contribution in [3.8, 4) is 11.5 Å². The number of ether oxygens (including phenoxy) is 1. The monoisotopic (exact) mass is 438 g/mol. The van der Waals surface area contributed by atoms with Gasteiger partial charge < -0.3 is 14.3 Å². The van der Waals surface area contributed by atoms with Gasteiger partial charge in [0.15, 0.2) is 8.32 Å². The number of hydrogen-bond acceptors (Lipinski definition) is 5. The fraction of sp³-hybridized carbons (Fsp3) is 0.524. The van der Waals surface area contributed by atoms with Crippen LogP contribution in [0, 0.1) is 5.92 Å². The first kappa shape index (κ1) is 23.4. The van der Waals surface area contributed by atoms with Crippen LogP contribution in [0.3, 0.4) is 0 Å². The third-order valence-corrected chi connectivity index (χ3v) is 10.3. The van der Waals surface area contributed by atoms with Gasteiger partial charge in [-0.1, -0.05) is 45.4 Å². The zero-order valence-electron chi connectivity index (χ0n) is 18.0. The second kappa shape index (κ2) is 9.32. The van der Waals surface area contributed by atoms with Crippen LogP contribution < -0.4 is 10.2 Å². The molecule has 1 heterocycles. The highest BCUT2D eigenvalue weighted by molar-refractivity contribution is 6.74. The lowest BCUT2D eigenvalue weighted by molar-refractivity contribution is -0.121. The molecular formula is C21H31ClN2O4Si. The van der Waals surface area contributed by atoms with Gasteiger partial charge in [-0.25, -0.2) is 5.43 Å². The van der Waals surface area contributed by atoms with Crippen LogP contribution in [-0.2, 0) is 9.22 Å². The normalized spacial score (nSPS) is 18.0. The van der Waals surface area contributed by atoms with E-state index in [1.54, 1.807) is 12.1 Å². The highest BCUT2D eigenvalue weighted by Gasteiger charge is 2.36. The van der Waals surface area contributed by atoms with Gasteiger partial charge in [-0.15, -0.1) is 0 Å². The summed E-state index contributed by atoms with van der Waals surface area (Å²) in [4.78, 5) is 11.4. The number of carbonyl (C=O) groups is 1. The lowest BCUT2D eigenvalue weighted by Crippen LogP contribution is -2.40. The Labute approximate surface area is 179 Å². The molecule has 0 spiro atoms. The van der Waals surface area contributed by atoms with Gasteiger partial charge in [0.1, 0.15) is 23.1 Å². The van der Waals surface area contributed by atoms with Gasteiger partial charge in [0.05, 0.1) is 12.3 Å². The Hall–Kier alpha value is -1.83. The molecule has 160 valence electrons. The van der Waals surface area contributed by atoms with Crippen molar-refractivity contribution < 1.29 is 19.1 Å². The second-order valence-electron chi connectivity index (χ2n) is 8.76. The van der Waals surface area contributed by atoms with Gasteiger partial charge in [-0.05, 0) is 36.3 Å². The fourth-order valence-corrected chi connectivity index (χ4v) is 3.76. The third-order valence-electron chi connectivity index (χ3n) is 5.46. The Morgan fingerprint density at radius 2 is 1.97 bits per heavy atom. The number of phenols is 1. The van der Waals surface area contributed by atoms with Crippen LogP contribution in [0.1, 0.15) is 39.7 Å². The molecule has 2 rings (SSSR count). The third kappa shape index (κ3) is 5.84. The van der Waals surface area contributed by atoms with Gasteiger partial charge >= 0.3 is 0 Å². The zero-order valence-corrected chi connectivity index (χ0v) is 19.8. The number of benzene rings is 1. The molecule has 0 bridgehead atoms. The minimum absolute atomic E-state index is 0.101. The molecule has 0 saturated heterocycles. The first-order valence-corrected chi connectivity index (χ1v) is 13.0. The molecule has 0 aromatic heterocycles. The number of amides is 1. The maximum absolute atomic E-state index is 11.4. The summed E-state index contributed by atoms with van der Waals surface area (Å²) in [5, 5.41) is 14.8. The number of carbonyl (C=O) groups excluding carboxylic acids is 1. The molecule has 1 aliphatic heterocycles. The van der Waals surface area contributed by atoms with E-state index in [0.717, 1.165) is 0 Å². The number of hydrogen-bond donors (Lipinski definition) is 2. The van der Waals surface area contributed by atoms with Gasteiger partial charge in [-0.3, -0.25) is 4.79 Å². The Morgan fingerprint density at radius 3 is 2.59 bits per heavy atom. The van der Waals surface area contributed by atoms with E-state index in [9.17, 15) is 9.90 Å². The lowest BCUT2D eigenvalue weighted by Gasteiger charge is -2.35. The first-order chi connectivity index (χ1) is 13.4. The molecule has 0 aliphatic carbocycles. The molecule has 29 heavy (non-hydrogen) atoms. The number of halogens is 1. The number of aromatic hydroxyl groups is 1. The molecule has 0 fully saturated rings. The first-order valence-electron chi connectivity index (χ1n) is 9.74. The van der Waals surface area contributed by atoms with Crippen molar-refractivity contribution >= 4 is 31.5 Å². The summed E-state index contributed by atoms with van der Waals surface area (Å²) in [6.07, 6.45) is 4.12. The average molecular weight is 439 g/mol. The van der Waals surface area contributed by atoms with E-state index >= 15 is 0 Å². The van der Waals surface area contributed by atoms with Crippen LogP contribution in [0.25, 0.3) is 0 Å². The molecule has 1 aliphatic rings. The number of nitrogens with zero attached hydrogens (tertiary/aromatic N) is 1. The van der Waals surface area contributed by atoms with E-state index in [-0.39, 0.29) is 27.6 Å². The van der Waals surface area contributed by atoms with Crippen molar-refractivity contribution in [2.75, 3.05) is 13.2 Å². The summed E-state index contributed by atoms with van der Waals surface area (Å²) in [7, 11) is -1.76. The number of nitrogens with one attached hydrogen (secondary N) is 1. The standard InChI is InChI=1S/C21H31ClN2O4Si/c1-14-13-17(25)23-24-19(14)15-9-10-16(18(22)20(15)26)27-11-7-8-12-28-29(5,6)21(2,3)4/h7-10,14,26H,11-13H2,1-6H3,(H,23,25)/b8-7-. The smallest absolute Gasteiger partial charge is 0.240 e. The van der Waals surface area contributed by atoms with E-state index in [2.05, 4.69) is 44.4 Å². The van der Waals surface area contributed by atoms with Crippen molar-refractivity contribution in [3.05, 3.63) is 34.9 Å². The van der Waals surface area contributed by atoms with Crippen molar-refractivity contribution in [2.45, 2.75) is 52.2 Å². The van der Waals surface area contributed by atoms with Crippen molar-refractivity contribution in [3.63, 3.8) is 0 Å². The van der Waals surface area contributed by atoms with E-state index in [4.69, 9.17) is 20.8 Å². The SMILES string of the molecule is CC1CC(=O)NN=C1c1ccc(OC/C=C\CO[Si](C)(C)C(C)(C)C)c(Cl)c1O. The van der Waals surface area contributed by atoms with Crippen LogP contribution in [0.4, 0.5) is 0 Å². The fourth-order valence-electron chi connectivity index (χ4n) is 2.59. The maximum Gasteiger partial charge on any atom is 0.240 e. The van der Waals surface area contributed by atoms with E-state index in [1.165, 1.54) is 0 Å². The van der Waals surface area contributed by atoms with Gasteiger partial charge in [0.25, 0.3) is 0 Å². The average Bonchev–Trinajstić information content (AvgIpc) is 2.61. The molecule has 2 N–H and O–H groups in total. The Kier molecular flexibility index (Phi) is 7.54.